The minimum absolute atomic E-state index is 0.189. The van der Waals surface area contributed by atoms with Crippen molar-refractivity contribution in [3.63, 3.8) is 0 Å². The monoisotopic (exact) mass is 398 g/mol. The summed E-state index contributed by atoms with van der Waals surface area (Å²) >= 11 is 0. The summed E-state index contributed by atoms with van der Waals surface area (Å²) in [5, 5.41) is 0. The number of esters is 1. The molecule has 0 aromatic heterocycles. The van der Waals surface area contributed by atoms with Crippen LogP contribution in [-0.2, 0) is 4.74 Å². The van der Waals surface area contributed by atoms with Gasteiger partial charge in [-0.2, -0.15) is 0 Å². The number of aryl methyl sites for hydroxylation is 1. The zero-order valence-electron chi connectivity index (χ0n) is 18.4. The molecule has 154 valence electrons. The molecular formula is C28H30O2. The molecule has 0 amide bonds. The maximum absolute atomic E-state index is 11.7. The number of carbonyl (C=O) groups excluding carboxylic acids is 1. The molecule has 1 atom stereocenters. The highest BCUT2D eigenvalue weighted by atomic mass is 16.5. The van der Waals surface area contributed by atoms with Crippen LogP contribution in [0, 0.1) is 30.1 Å². The Morgan fingerprint density at radius 1 is 1.13 bits per heavy atom. The number of benzene rings is 2. The van der Waals surface area contributed by atoms with Crippen LogP contribution in [0.25, 0.3) is 5.57 Å². The molecule has 0 radical (unpaired) electrons. The van der Waals surface area contributed by atoms with Gasteiger partial charge in [0.1, 0.15) is 0 Å². The standard InChI is InChI=1S/C28H30O2/c1-5-30-27(29)24-18-14-22(15-19-24)9-6-7-11-26-25(10-8-20-28(26,3)4)23-16-12-21(2)13-17-23/h7,10-19,26H,5,8,20H2,1-4H3/b11-7+. The molecule has 0 aliphatic heterocycles. The van der Waals surface area contributed by atoms with Crippen LogP contribution in [0.15, 0.2) is 66.8 Å². The molecule has 2 nitrogen and oxygen atoms in total. The van der Waals surface area contributed by atoms with Crippen LogP contribution in [0.3, 0.4) is 0 Å². The molecule has 0 bridgehead atoms. The zero-order valence-corrected chi connectivity index (χ0v) is 18.4. The Kier molecular flexibility index (Phi) is 6.95. The summed E-state index contributed by atoms with van der Waals surface area (Å²) in [6.45, 7) is 8.98. The average molecular weight is 399 g/mol. The minimum Gasteiger partial charge on any atom is -0.462 e. The summed E-state index contributed by atoms with van der Waals surface area (Å²) in [5.41, 5.74) is 5.59. The Morgan fingerprint density at radius 2 is 1.83 bits per heavy atom. The number of allylic oxidation sites excluding steroid dienone is 4. The highest BCUT2D eigenvalue weighted by Crippen LogP contribution is 2.45. The molecule has 30 heavy (non-hydrogen) atoms. The first-order valence-electron chi connectivity index (χ1n) is 10.6. The lowest BCUT2D eigenvalue weighted by molar-refractivity contribution is 0.0526. The Balaban J connectivity index is 1.76. The first-order chi connectivity index (χ1) is 14.4. The van der Waals surface area contributed by atoms with Crippen molar-refractivity contribution in [3.05, 3.63) is 89.0 Å². The van der Waals surface area contributed by atoms with E-state index < -0.39 is 0 Å². The second-order valence-corrected chi connectivity index (χ2v) is 8.46. The summed E-state index contributed by atoms with van der Waals surface area (Å²) in [5.74, 6) is 6.36. The van der Waals surface area contributed by atoms with Gasteiger partial charge in [-0.25, -0.2) is 4.79 Å². The van der Waals surface area contributed by atoms with E-state index in [4.69, 9.17) is 4.74 Å². The summed E-state index contributed by atoms with van der Waals surface area (Å²) in [6, 6.07) is 16.0. The van der Waals surface area contributed by atoms with Crippen molar-refractivity contribution in [2.24, 2.45) is 11.3 Å². The maximum atomic E-state index is 11.7. The molecule has 1 aliphatic carbocycles. The number of hydrogen-bond donors (Lipinski definition) is 0. The van der Waals surface area contributed by atoms with Gasteiger partial charge in [0.05, 0.1) is 12.2 Å². The van der Waals surface area contributed by atoms with E-state index in [1.54, 1.807) is 19.1 Å². The second kappa shape index (κ2) is 9.63. The van der Waals surface area contributed by atoms with Gasteiger partial charge in [0, 0.05) is 11.5 Å². The predicted octanol–water partition coefficient (Wildman–Crippen LogP) is 6.60. The summed E-state index contributed by atoms with van der Waals surface area (Å²) in [4.78, 5) is 11.7. The van der Waals surface area contributed by atoms with Crippen LogP contribution in [-0.4, -0.2) is 12.6 Å². The minimum atomic E-state index is -0.299. The average Bonchev–Trinajstić information content (AvgIpc) is 2.73. The van der Waals surface area contributed by atoms with Crippen molar-refractivity contribution in [2.45, 2.75) is 40.5 Å². The van der Waals surface area contributed by atoms with E-state index in [1.165, 1.54) is 23.1 Å². The fourth-order valence-corrected chi connectivity index (χ4v) is 3.88. The van der Waals surface area contributed by atoms with Gasteiger partial charge >= 0.3 is 5.97 Å². The number of ether oxygens (including phenoxy) is 1. The summed E-state index contributed by atoms with van der Waals surface area (Å²) < 4.78 is 5.01. The Hall–Kier alpha value is -3.05. The normalized spacial score (nSPS) is 17.7. The van der Waals surface area contributed by atoms with E-state index in [9.17, 15) is 4.79 Å². The van der Waals surface area contributed by atoms with Crippen LogP contribution in [0.1, 0.15) is 60.7 Å². The molecule has 1 unspecified atom stereocenters. The topological polar surface area (TPSA) is 26.3 Å². The van der Waals surface area contributed by atoms with Crippen LogP contribution in [0.4, 0.5) is 0 Å². The molecule has 0 saturated carbocycles. The third-order valence-corrected chi connectivity index (χ3v) is 5.70. The molecule has 0 spiro atoms. The molecule has 3 rings (SSSR count). The van der Waals surface area contributed by atoms with E-state index in [0.29, 0.717) is 18.1 Å². The highest BCUT2D eigenvalue weighted by Gasteiger charge is 2.33. The predicted molar refractivity (Wildman–Crippen MR) is 124 cm³/mol. The number of rotatable bonds is 4. The van der Waals surface area contributed by atoms with Gasteiger partial charge in [0.25, 0.3) is 0 Å². The quantitative estimate of drug-likeness (QED) is 0.428. The molecule has 0 saturated heterocycles. The lowest BCUT2D eigenvalue weighted by Crippen LogP contribution is -2.26. The van der Waals surface area contributed by atoms with E-state index in [-0.39, 0.29) is 11.4 Å². The summed E-state index contributed by atoms with van der Waals surface area (Å²) in [7, 11) is 0. The molecule has 1 aliphatic rings. The molecular weight excluding hydrogens is 368 g/mol. The first-order valence-corrected chi connectivity index (χ1v) is 10.6. The van der Waals surface area contributed by atoms with Crippen molar-refractivity contribution in [1.29, 1.82) is 0 Å². The van der Waals surface area contributed by atoms with Crippen molar-refractivity contribution >= 4 is 11.5 Å². The van der Waals surface area contributed by atoms with Crippen molar-refractivity contribution in [3.8, 4) is 11.8 Å². The molecule has 0 N–H and O–H groups in total. The van der Waals surface area contributed by atoms with Crippen LogP contribution < -0.4 is 0 Å². The van der Waals surface area contributed by atoms with E-state index >= 15 is 0 Å². The smallest absolute Gasteiger partial charge is 0.338 e. The van der Waals surface area contributed by atoms with Gasteiger partial charge in [-0.15, -0.1) is 0 Å². The van der Waals surface area contributed by atoms with Gasteiger partial charge in [0.2, 0.25) is 0 Å². The van der Waals surface area contributed by atoms with E-state index in [0.717, 1.165) is 12.0 Å². The molecule has 2 aromatic carbocycles. The fourth-order valence-electron chi connectivity index (χ4n) is 3.88. The van der Waals surface area contributed by atoms with Crippen molar-refractivity contribution in [2.75, 3.05) is 6.61 Å². The Morgan fingerprint density at radius 3 is 2.50 bits per heavy atom. The zero-order chi connectivity index (χ0) is 21.6. The van der Waals surface area contributed by atoms with E-state index in [2.05, 4.69) is 69.0 Å². The highest BCUT2D eigenvalue weighted by molar-refractivity contribution is 5.89. The maximum Gasteiger partial charge on any atom is 0.338 e. The number of hydrogen-bond acceptors (Lipinski definition) is 2. The van der Waals surface area contributed by atoms with Gasteiger partial charge < -0.3 is 4.74 Å². The van der Waals surface area contributed by atoms with Gasteiger partial charge in [0.15, 0.2) is 0 Å². The second-order valence-electron chi connectivity index (χ2n) is 8.46. The Bertz CT molecular complexity index is 993. The van der Waals surface area contributed by atoms with Crippen molar-refractivity contribution in [1.82, 2.24) is 0 Å². The molecule has 2 aromatic rings. The third-order valence-electron chi connectivity index (χ3n) is 5.70. The molecule has 2 heteroatoms. The SMILES string of the molecule is CCOC(=O)c1ccc(C#C/C=C/C2C(c3ccc(C)cc3)=CCCC2(C)C)cc1. The van der Waals surface area contributed by atoms with Crippen LogP contribution in [0.2, 0.25) is 0 Å². The number of carbonyl (C=O) groups is 1. The van der Waals surface area contributed by atoms with Gasteiger partial charge in [-0.05, 0) is 73.6 Å². The van der Waals surface area contributed by atoms with Crippen LogP contribution in [0.5, 0.6) is 0 Å². The third kappa shape index (κ3) is 5.30. The van der Waals surface area contributed by atoms with Crippen molar-refractivity contribution < 1.29 is 9.53 Å². The summed E-state index contributed by atoms with van der Waals surface area (Å²) in [6.07, 6.45) is 8.87. The molecule has 0 heterocycles. The van der Waals surface area contributed by atoms with Gasteiger partial charge in [-0.1, -0.05) is 67.7 Å². The molecule has 0 fully saturated rings. The largest absolute Gasteiger partial charge is 0.462 e. The van der Waals surface area contributed by atoms with Crippen LogP contribution >= 0.6 is 0 Å². The lowest BCUT2D eigenvalue weighted by atomic mass is 9.67. The first kappa shape index (κ1) is 21.7. The van der Waals surface area contributed by atoms with Gasteiger partial charge in [-0.3, -0.25) is 0 Å². The fraction of sp³-hybridized carbons (Fsp3) is 0.321. The Labute approximate surface area is 180 Å². The van der Waals surface area contributed by atoms with E-state index in [1.807, 2.05) is 18.2 Å². The lowest BCUT2D eigenvalue weighted by Gasteiger charge is -2.38.